The number of nitrogens with zero attached hydrogens (tertiary/aromatic N) is 3. The highest BCUT2D eigenvalue weighted by Gasteiger charge is 2.10. The molecule has 0 radical (unpaired) electrons. The second-order valence-corrected chi connectivity index (χ2v) is 5.96. The summed E-state index contributed by atoms with van der Waals surface area (Å²) in [5.74, 6) is -0.139. The molecule has 2 aromatic rings. The predicted molar refractivity (Wildman–Crippen MR) is 94.2 cm³/mol. The molecule has 3 rings (SSSR count). The summed E-state index contributed by atoms with van der Waals surface area (Å²) in [6, 6.07) is 7.77. The Balaban J connectivity index is 1.66. The van der Waals surface area contributed by atoms with Gasteiger partial charge in [0, 0.05) is 24.1 Å². The Kier molecular flexibility index (Phi) is 5.05. The number of benzene rings is 1. The number of nitrogens with two attached hydrogens (primary N) is 1. The Morgan fingerprint density at radius 1 is 1.38 bits per heavy atom. The van der Waals surface area contributed by atoms with Crippen LogP contribution in [0.5, 0.6) is 0 Å². The van der Waals surface area contributed by atoms with Crippen LogP contribution in [-0.4, -0.2) is 22.7 Å². The largest absolute Gasteiger partial charge is 0.398 e. The molecule has 1 aromatic heterocycles. The second kappa shape index (κ2) is 7.40. The predicted octanol–water partition coefficient (Wildman–Crippen LogP) is 3.49. The van der Waals surface area contributed by atoms with Gasteiger partial charge in [0.1, 0.15) is 0 Å². The highest BCUT2D eigenvalue weighted by molar-refractivity contribution is 6.28. The summed E-state index contributed by atoms with van der Waals surface area (Å²) in [6.07, 6.45) is 6.62. The zero-order chi connectivity index (χ0) is 16.9. The monoisotopic (exact) mass is 345 g/mol. The first-order valence-corrected chi connectivity index (χ1v) is 7.99. The van der Waals surface area contributed by atoms with Crippen molar-refractivity contribution in [1.82, 2.24) is 9.97 Å². The topological polar surface area (TPSA) is 76.2 Å². The standard InChI is InChI=1S/C17H17ClFN5/c18-17-22-10-15(19)16(24-17)23-14-3-1-2-11(7-14)4-5-12-6-13(20)9-21-8-12/h1-3,6-7,9-10,12H,4-5,8,20H2,(H,22,23,24). The Morgan fingerprint density at radius 2 is 2.25 bits per heavy atom. The van der Waals surface area contributed by atoms with E-state index in [9.17, 15) is 4.39 Å². The number of nitrogens with one attached hydrogen (secondary N) is 1. The first kappa shape index (κ1) is 16.4. The number of hydrogen-bond acceptors (Lipinski definition) is 5. The maximum absolute atomic E-state index is 13.7. The van der Waals surface area contributed by atoms with Crippen LogP contribution in [0, 0.1) is 11.7 Å². The third-order valence-electron chi connectivity index (χ3n) is 3.72. The van der Waals surface area contributed by atoms with Gasteiger partial charge in [-0.3, -0.25) is 4.99 Å². The third kappa shape index (κ3) is 4.29. The minimum absolute atomic E-state index is 0.00252. The zero-order valence-corrected chi connectivity index (χ0v) is 13.7. The van der Waals surface area contributed by atoms with Crippen molar-refractivity contribution in [2.45, 2.75) is 12.8 Å². The fraction of sp³-hybridized carbons (Fsp3) is 0.235. The fourth-order valence-corrected chi connectivity index (χ4v) is 2.70. The van der Waals surface area contributed by atoms with Gasteiger partial charge < -0.3 is 11.1 Å². The normalized spacial score (nSPS) is 16.8. The molecule has 0 saturated carbocycles. The number of halogens is 2. The highest BCUT2D eigenvalue weighted by atomic mass is 35.5. The number of dihydropyridines is 1. The van der Waals surface area contributed by atoms with Crippen LogP contribution in [0.2, 0.25) is 5.28 Å². The molecule has 0 saturated heterocycles. The van der Waals surface area contributed by atoms with Crippen molar-refractivity contribution >= 4 is 29.3 Å². The van der Waals surface area contributed by atoms with Crippen molar-refractivity contribution < 1.29 is 4.39 Å². The van der Waals surface area contributed by atoms with Crippen LogP contribution < -0.4 is 11.1 Å². The highest BCUT2D eigenvalue weighted by Crippen LogP contribution is 2.21. The summed E-state index contributed by atoms with van der Waals surface area (Å²) in [5, 5.41) is 2.93. The van der Waals surface area contributed by atoms with Crippen molar-refractivity contribution in [3.63, 3.8) is 0 Å². The molecule has 0 fully saturated rings. The average Bonchev–Trinajstić information content (AvgIpc) is 2.57. The van der Waals surface area contributed by atoms with E-state index in [0.717, 1.165) is 42.5 Å². The zero-order valence-electron chi connectivity index (χ0n) is 12.9. The molecule has 5 nitrogen and oxygen atoms in total. The van der Waals surface area contributed by atoms with Gasteiger partial charge in [-0.15, -0.1) is 0 Å². The molecule has 1 aliphatic heterocycles. The van der Waals surface area contributed by atoms with Crippen molar-refractivity contribution in [3.8, 4) is 0 Å². The first-order valence-electron chi connectivity index (χ1n) is 7.61. The van der Waals surface area contributed by atoms with Gasteiger partial charge in [0.05, 0.1) is 6.20 Å². The van der Waals surface area contributed by atoms with E-state index in [0.29, 0.717) is 5.92 Å². The summed E-state index contributed by atoms with van der Waals surface area (Å²) in [5.41, 5.74) is 8.38. The summed E-state index contributed by atoms with van der Waals surface area (Å²) >= 11 is 5.71. The first-order chi connectivity index (χ1) is 11.6. The fourth-order valence-electron chi connectivity index (χ4n) is 2.56. The van der Waals surface area contributed by atoms with Crippen LogP contribution in [0.15, 0.2) is 47.2 Å². The van der Waals surface area contributed by atoms with Crippen molar-refractivity contribution in [3.05, 3.63) is 58.9 Å². The van der Waals surface area contributed by atoms with Crippen LogP contribution in [0.1, 0.15) is 12.0 Å². The number of aliphatic imine (C=N–C) groups is 1. The van der Waals surface area contributed by atoms with E-state index in [4.69, 9.17) is 17.3 Å². The number of rotatable bonds is 5. The minimum Gasteiger partial charge on any atom is -0.398 e. The lowest BCUT2D eigenvalue weighted by atomic mass is 9.97. The molecule has 1 aromatic carbocycles. The number of anilines is 2. The van der Waals surface area contributed by atoms with Crippen LogP contribution in [-0.2, 0) is 6.42 Å². The van der Waals surface area contributed by atoms with E-state index < -0.39 is 5.82 Å². The molecule has 24 heavy (non-hydrogen) atoms. The lowest BCUT2D eigenvalue weighted by Gasteiger charge is -2.14. The minimum atomic E-state index is -0.550. The maximum atomic E-state index is 13.7. The Labute approximate surface area is 144 Å². The second-order valence-electron chi connectivity index (χ2n) is 5.62. The van der Waals surface area contributed by atoms with E-state index in [1.54, 1.807) is 6.21 Å². The number of aromatic nitrogens is 2. The molecule has 1 unspecified atom stereocenters. The third-order valence-corrected chi connectivity index (χ3v) is 3.90. The SMILES string of the molecule is NC1=CC(CCc2cccc(Nc3nc(Cl)ncc3F)c2)CN=C1. The number of hydrogen-bond donors (Lipinski definition) is 2. The van der Waals surface area contributed by atoms with Gasteiger partial charge in [-0.2, -0.15) is 4.98 Å². The van der Waals surface area contributed by atoms with Crippen molar-refractivity contribution in [2.75, 3.05) is 11.9 Å². The molecule has 0 amide bonds. The number of allylic oxidation sites excluding steroid dienone is 1. The summed E-state index contributed by atoms with van der Waals surface area (Å²) in [6.45, 7) is 0.767. The van der Waals surface area contributed by atoms with E-state index in [1.165, 1.54) is 0 Å². The van der Waals surface area contributed by atoms with E-state index in [1.807, 2.05) is 30.3 Å². The molecule has 0 bridgehead atoms. The van der Waals surface area contributed by atoms with Gasteiger partial charge in [0.2, 0.25) is 5.28 Å². The maximum Gasteiger partial charge on any atom is 0.224 e. The van der Waals surface area contributed by atoms with Gasteiger partial charge in [-0.1, -0.05) is 18.2 Å². The Hall–Kier alpha value is -2.47. The summed E-state index contributed by atoms with van der Waals surface area (Å²) in [4.78, 5) is 11.7. The van der Waals surface area contributed by atoms with Gasteiger partial charge >= 0.3 is 0 Å². The molecule has 3 N–H and O–H groups in total. The average molecular weight is 346 g/mol. The summed E-state index contributed by atoms with van der Waals surface area (Å²) < 4.78 is 13.7. The van der Waals surface area contributed by atoms with Crippen molar-refractivity contribution in [1.29, 1.82) is 0 Å². The molecule has 0 aliphatic carbocycles. The van der Waals surface area contributed by atoms with E-state index in [-0.39, 0.29) is 11.1 Å². The van der Waals surface area contributed by atoms with Crippen LogP contribution in [0.3, 0.4) is 0 Å². The van der Waals surface area contributed by atoms with Gasteiger partial charge in [-0.25, -0.2) is 9.37 Å². The molecular formula is C17H17ClFN5. The smallest absolute Gasteiger partial charge is 0.224 e. The van der Waals surface area contributed by atoms with Crippen LogP contribution >= 0.6 is 11.6 Å². The molecule has 124 valence electrons. The van der Waals surface area contributed by atoms with Gasteiger partial charge in [0.15, 0.2) is 11.6 Å². The van der Waals surface area contributed by atoms with Gasteiger partial charge in [-0.05, 0) is 48.1 Å². The molecule has 0 spiro atoms. The van der Waals surface area contributed by atoms with E-state index >= 15 is 0 Å². The molecular weight excluding hydrogens is 329 g/mol. The molecule has 7 heteroatoms. The lowest BCUT2D eigenvalue weighted by molar-refractivity contribution is 0.596. The molecule has 1 atom stereocenters. The molecule has 1 aliphatic rings. The quantitative estimate of drug-likeness (QED) is 0.813. The number of aryl methyl sites for hydroxylation is 1. The Morgan fingerprint density at radius 3 is 3.08 bits per heavy atom. The van der Waals surface area contributed by atoms with Crippen LogP contribution in [0.25, 0.3) is 0 Å². The lowest BCUT2D eigenvalue weighted by Crippen LogP contribution is -2.13. The van der Waals surface area contributed by atoms with Gasteiger partial charge in [0.25, 0.3) is 0 Å². The Bertz CT molecular complexity index is 790. The summed E-state index contributed by atoms with van der Waals surface area (Å²) in [7, 11) is 0. The molecule has 2 heterocycles. The van der Waals surface area contributed by atoms with Crippen molar-refractivity contribution in [2.24, 2.45) is 16.6 Å². The van der Waals surface area contributed by atoms with Crippen LogP contribution in [0.4, 0.5) is 15.9 Å². The van der Waals surface area contributed by atoms with E-state index in [2.05, 4.69) is 20.3 Å².